The van der Waals surface area contributed by atoms with Gasteiger partial charge in [0.25, 0.3) is 0 Å². The molecule has 0 aliphatic rings. The minimum Gasteiger partial charge on any atom is -0.298 e. The first-order chi connectivity index (χ1) is 10.8. The molecule has 0 unspecified atom stereocenters. The lowest BCUT2D eigenvalue weighted by atomic mass is 9.84. The zero-order valence-electron chi connectivity index (χ0n) is 17.6. The van der Waals surface area contributed by atoms with Crippen LogP contribution in [0.5, 0.6) is 0 Å². The van der Waals surface area contributed by atoms with E-state index in [9.17, 15) is 4.79 Å². The van der Waals surface area contributed by atoms with Gasteiger partial charge in [-0.05, 0) is 43.9 Å². The van der Waals surface area contributed by atoms with Crippen LogP contribution < -0.4 is 0 Å². The Bertz CT molecular complexity index is 345. The number of rotatable bonds is 11. The fraction of sp³-hybridized carbons (Fsp3) is 0.952. The molecule has 144 valence electrons. The molecule has 0 N–H and O–H groups in total. The molecule has 0 aliphatic heterocycles. The lowest BCUT2D eigenvalue weighted by molar-refractivity contribution is -0.329. The second-order valence-corrected chi connectivity index (χ2v) is 10.2. The van der Waals surface area contributed by atoms with Gasteiger partial charge >= 0.3 is 5.97 Å². The number of hydrogen-bond acceptors (Lipinski definition) is 3. The molecule has 24 heavy (non-hydrogen) atoms. The van der Waals surface area contributed by atoms with Gasteiger partial charge < -0.3 is 0 Å². The monoisotopic (exact) mass is 342 g/mol. The van der Waals surface area contributed by atoms with Crippen molar-refractivity contribution in [2.45, 2.75) is 119 Å². The van der Waals surface area contributed by atoms with Crippen molar-refractivity contribution in [2.75, 3.05) is 0 Å². The summed E-state index contributed by atoms with van der Waals surface area (Å²) in [7, 11) is 0. The van der Waals surface area contributed by atoms with Gasteiger partial charge in [-0.25, -0.2) is 4.79 Å². The predicted molar refractivity (Wildman–Crippen MR) is 102 cm³/mol. The Hall–Kier alpha value is -0.570. The fourth-order valence-electron chi connectivity index (χ4n) is 3.14. The molecule has 0 aromatic rings. The van der Waals surface area contributed by atoms with Gasteiger partial charge in [0.2, 0.25) is 0 Å². The van der Waals surface area contributed by atoms with Gasteiger partial charge in [-0.1, -0.05) is 73.6 Å². The van der Waals surface area contributed by atoms with Crippen molar-refractivity contribution in [3.63, 3.8) is 0 Å². The molecule has 0 saturated heterocycles. The molecule has 0 aromatic heterocycles. The average Bonchev–Trinajstić information content (AvgIpc) is 2.35. The molecule has 3 nitrogen and oxygen atoms in total. The third-order valence-corrected chi connectivity index (χ3v) is 3.87. The van der Waals surface area contributed by atoms with Crippen LogP contribution in [0.4, 0.5) is 0 Å². The first kappa shape index (κ1) is 23.4. The predicted octanol–water partition coefficient (Wildman–Crippen LogP) is 6.84. The highest BCUT2D eigenvalue weighted by atomic mass is 17.2. The van der Waals surface area contributed by atoms with Crippen molar-refractivity contribution in [1.82, 2.24) is 0 Å². The lowest BCUT2D eigenvalue weighted by Crippen LogP contribution is -2.31. The Morgan fingerprint density at radius 2 is 1.21 bits per heavy atom. The topological polar surface area (TPSA) is 35.5 Å². The average molecular weight is 343 g/mol. The normalized spacial score (nSPS) is 13.2. The second-order valence-electron chi connectivity index (χ2n) is 10.2. The van der Waals surface area contributed by atoms with Gasteiger partial charge in [-0.15, -0.1) is 0 Å². The molecule has 0 atom stereocenters. The van der Waals surface area contributed by atoms with Crippen molar-refractivity contribution >= 4 is 5.97 Å². The van der Waals surface area contributed by atoms with Crippen LogP contribution >= 0.6 is 0 Å². The Morgan fingerprint density at radius 1 is 0.708 bits per heavy atom. The summed E-state index contributed by atoms with van der Waals surface area (Å²) in [6.45, 7) is 17.3. The Morgan fingerprint density at radius 3 is 1.71 bits per heavy atom. The van der Waals surface area contributed by atoms with Gasteiger partial charge in [0.05, 0.1) is 0 Å². The van der Waals surface area contributed by atoms with Crippen molar-refractivity contribution in [2.24, 2.45) is 10.8 Å². The highest BCUT2D eigenvalue weighted by Gasteiger charge is 2.28. The highest BCUT2D eigenvalue weighted by molar-refractivity contribution is 5.68. The zero-order chi connectivity index (χ0) is 18.9. The molecule has 3 heteroatoms. The molecule has 0 aromatic carbocycles. The Labute approximate surface area is 150 Å². The quantitative estimate of drug-likeness (QED) is 0.234. The second kappa shape index (κ2) is 10.4. The number of carbonyl (C=O) groups excluding carboxylic acids is 1. The molecule has 0 rings (SSSR count). The van der Waals surface area contributed by atoms with E-state index in [2.05, 4.69) is 41.5 Å². The van der Waals surface area contributed by atoms with Crippen LogP contribution in [0.25, 0.3) is 0 Å². The maximum atomic E-state index is 11.8. The SMILES string of the molecule is CC(C)(C)CCCCCCCCC(=O)OOC(C)(C)CC(C)(C)C. The van der Waals surface area contributed by atoms with E-state index >= 15 is 0 Å². The van der Waals surface area contributed by atoms with Gasteiger partial charge in [0.1, 0.15) is 5.60 Å². The summed E-state index contributed by atoms with van der Waals surface area (Å²) < 4.78 is 0. The molecule has 0 heterocycles. The van der Waals surface area contributed by atoms with Crippen LogP contribution in [0.1, 0.15) is 113 Å². The summed E-state index contributed by atoms with van der Waals surface area (Å²) in [4.78, 5) is 22.1. The summed E-state index contributed by atoms with van der Waals surface area (Å²) >= 11 is 0. The molecule has 0 amide bonds. The van der Waals surface area contributed by atoms with E-state index in [1.54, 1.807) is 0 Å². The summed E-state index contributed by atoms with van der Waals surface area (Å²) in [6, 6.07) is 0. The van der Waals surface area contributed by atoms with Crippen LogP contribution in [-0.4, -0.2) is 11.6 Å². The van der Waals surface area contributed by atoms with E-state index in [1.807, 2.05) is 13.8 Å². The smallest absolute Gasteiger partial charge is 0.298 e. The van der Waals surface area contributed by atoms with Crippen LogP contribution in [0.3, 0.4) is 0 Å². The minimum atomic E-state index is -0.443. The van der Waals surface area contributed by atoms with Crippen molar-refractivity contribution in [3.05, 3.63) is 0 Å². The summed E-state index contributed by atoms with van der Waals surface area (Å²) in [5.41, 5.74) is 0.147. The van der Waals surface area contributed by atoms with E-state index < -0.39 is 5.60 Å². The van der Waals surface area contributed by atoms with Crippen LogP contribution in [0, 0.1) is 10.8 Å². The van der Waals surface area contributed by atoms with E-state index in [4.69, 9.17) is 9.78 Å². The van der Waals surface area contributed by atoms with Gasteiger partial charge in [-0.3, -0.25) is 4.89 Å². The van der Waals surface area contributed by atoms with E-state index in [-0.39, 0.29) is 11.4 Å². The molecule has 0 bridgehead atoms. The standard InChI is InChI=1S/C21H42O3/c1-19(2,3)16-14-12-10-9-11-13-15-18(22)23-24-21(7,8)17-20(4,5)6/h9-17H2,1-8H3. The molecule has 0 radical (unpaired) electrons. The highest BCUT2D eigenvalue weighted by Crippen LogP contribution is 2.29. The maximum absolute atomic E-state index is 11.8. The van der Waals surface area contributed by atoms with Gasteiger partial charge in [0.15, 0.2) is 0 Å². The number of hydrogen-bond donors (Lipinski definition) is 0. The maximum Gasteiger partial charge on any atom is 0.342 e. The first-order valence-electron chi connectivity index (χ1n) is 9.69. The zero-order valence-corrected chi connectivity index (χ0v) is 17.6. The Balaban J connectivity index is 3.63. The van der Waals surface area contributed by atoms with Gasteiger partial charge in [-0.2, -0.15) is 4.89 Å². The lowest BCUT2D eigenvalue weighted by Gasteiger charge is -2.30. The largest absolute Gasteiger partial charge is 0.342 e. The van der Waals surface area contributed by atoms with Crippen molar-refractivity contribution in [3.8, 4) is 0 Å². The summed E-state index contributed by atoms with van der Waals surface area (Å²) in [5.74, 6) is -0.246. The molecule has 0 saturated carbocycles. The fourth-order valence-corrected chi connectivity index (χ4v) is 3.14. The van der Waals surface area contributed by atoms with Gasteiger partial charge in [0, 0.05) is 6.42 Å². The summed E-state index contributed by atoms with van der Waals surface area (Å²) in [6.07, 6.45) is 9.63. The van der Waals surface area contributed by atoms with Crippen molar-refractivity contribution < 1.29 is 14.6 Å². The molecule has 0 aliphatic carbocycles. The molecule has 0 spiro atoms. The third kappa shape index (κ3) is 16.3. The van der Waals surface area contributed by atoms with E-state index in [0.717, 1.165) is 19.3 Å². The Kier molecular flexibility index (Phi) is 10.2. The van der Waals surface area contributed by atoms with Crippen LogP contribution in [0.2, 0.25) is 0 Å². The molecular formula is C21H42O3. The summed E-state index contributed by atoms with van der Waals surface area (Å²) in [5, 5.41) is 0. The van der Waals surface area contributed by atoms with Crippen LogP contribution in [0.15, 0.2) is 0 Å². The third-order valence-electron chi connectivity index (χ3n) is 3.87. The van der Waals surface area contributed by atoms with Crippen molar-refractivity contribution in [1.29, 1.82) is 0 Å². The van der Waals surface area contributed by atoms with Crippen LogP contribution in [-0.2, 0) is 14.6 Å². The molecule has 0 fully saturated rings. The number of unbranched alkanes of at least 4 members (excludes halogenated alkanes) is 5. The van der Waals surface area contributed by atoms with E-state index in [0.29, 0.717) is 11.8 Å². The first-order valence-corrected chi connectivity index (χ1v) is 9.69. The number of carbonyl (C=O) groups is 1. The van der Waals surface area contributed by atoms with E-state index in [1.165, 1.54) is 32.1 Å². The minimum absolute atomic E-state index is 0.142. The molecular weight excluding hydrogens is 300 g/mol.